The van der Waals surface area contributed by atoms with E-state index >= 15 is 0 Å². The number of carbonyl (C=O) groups excluding carboxylic acids is 1. The van der Waals surface area contributed by atoms with Crippen molar-refractivity contribution >= 4 is 17.7 Å². The maximum atomic E-state index is 11.1. The zero-order valence-electron chi connectivity index (χ0n) is 10.00. The minimum atomic E-state index is -1.06. The van der Waals surface area contributed by atoms with Crippen LogP contribution in [0.5, 0.6) is 0 Å². The van der Waals surface area contributed by atoms with Gasteiger partial charge in [-0.15, -0.1) is 0 Å². The number of aromatic carboxylic acids is 1. The molecule has 92 valence electrons. The lowest BCUT2D eigenvalue weighted by molar-refractivity contribution is -0.118. The van der Waals surface area contributed by atoms with Crippen LogP contribution in [0.2, 0.25) is 0 Å². The molecule has 0 aliphatic rings. The van der Waals surface area contributed by atoms with Crippen LogP contribution < -0.4 is 10.6 Å². The molecule has 6 heteroatoms. The van der Waals surface area contributed by atoms with Gasteiger partial charge in [0.1, 0.15) is 11.4 Å². The molecule has 0 fully saturated rings. The standard InChI is InChI=1S/C11H15N3O3/c1-6-4-7(2)14-10(9(6)11(16)17)13-5-8(15)12-3/h4H,5H2,1-3H3,(H,12,15)(H,13,14)(H,16,17). The van der Waals surface area contributed by atoms with Crippen molar-refractivity contribution in [2.75, 3.05) is 18.9 Å². The highest BCUT2D eigenvalue weighted by Crippen LogP contribution is 2.18. The number of amides is 1. The quantitative estimate of drug-likeness (QED) is 0.711. The van der Waals surface area contributed by atoms with E-state index in [1.165, 1.54) is 7.05 Å². The fourth-order valence-electron chi connectivity index (χ4n) is 1.49. The third-order valence-corrected chi connectivity index (χ3v) is 2.25. The van der Waals surface area contributed by atoms with Crippen molar-refractivity contribution in [2.24, 2.45) is 0 Å². The molecule has 6 nitrogen and oxygen atoms in total. The first kappa shape index (κ1) is 13.0. The molecule has 0 aliphatic carbocycles. The van der Waals surface area contributed by atoms with E-state index in [1.54, 1.807) is 19.9 Å². The van der Waals surface area contributed by atoms with Crippen LogP contribution >= 0.6 is 0 Å². The smallest absolute Gasteiger partial charge is 0.339 e. The third kappa shape index (κ3) is 3.17. The van der Waals surface area contributed by atoms with Crippen molar-refractivity contribution in [2.45, 2.75) is 13.8 Å². The number of anilines is 1. The molecule has 1 aromatic rings. The summed E-state index contributed by atoms with van der Waals surface area (Å²) >= 11 is 0. The number of pyridine rings is 1. The average molecular weight is 237 g/mol. The molecule has 17 heavy (non-hydrogen) atoms. The van der Waals surface area contributed by atoms with Gasteiger partial charge in [-0.2, -0.15) is 0 Å². The van der Waals surface area contributed by atoms with E-state index < -0.39 is 5.97 Å². The van der Waals surface area contributed by atoms with Gasteiger partial charge < -0.3 is 15.7 Å². The number of carboxylic acids is 1. The molecule has 0 saturated carbocycles. The first-order chi connectivity index (χ1) is 7.95. The van der Waals surface area contributed by atoms with Crippen LogP contribution in [-0.4, -0.2) is 35.6 Å². The molecule has 1 aromatic heterocycles. The Balaban J connectivity index is 3.04. The molecule has 3 N–H and O–H groups in total. The number of nitrogens with one attached hydrogen (secondary N) is 2. The molecule has 1 amide bonds. The van der Waals surface area contributed by atoms with Gasteiger partial charge in [-0.3, -0.25) is 4.79 Å². The van der Waals surface area contributed by atoms with E-state index in [9.17, 15) is 9.59 Å². The number of hydrogen-bond donors (Lipinski definition) is 3. The van der Waals surface area contributed by atoms with Gasteiger partial charge in [0, 0.05) is 12.7 Å². The second kappa shape index (κ2) is 5.29. The summed E-state index contributed by atoms with van der Waals surface area (Å²) in [5.74, 6) is -1.07. The number of carbonyl (C=O) groups is 2. The van der Waals surface area contributed by atoms with Crippen LogP contribution in [0.25, 0.3) is 0 Å². The van der Waals surface area contributed by atoms with Gasteiger partial charge in [0.15, 0.2) is 0 Å². The van der Waals surface area contributed by atoms with Crippen molar-refractivity contribution in [1.82, 2.24) is 10.3 Å². The third-order valence-electron chi connectivity index (χ3n) is 2.25. The van der Waals surface area contributed by atoms with Crippen LogP contribution in [0.3, 0.4) is 0 Å². The van der Waals surface area contributed by atoms with Gasteiger partial charge in [-0.05, 0) is 25.5 Å². The summed E-state index contributed by atoms with van der Waals surface area (Å²) in [5, 5.41) is 14.2. The largest absolute Gasteiger partial charge is 0.478 e. The first-order valence-corrected chi connectivity index (χ1v) is 5.11. The summed E-state index contributed by atoms with van der Waals surface area (Å²) in [4.78, 5) is 26.3. The van der Waals surface area contributed by atoms with Crippen molar-refractivity contribution in [3.05, 3.63) is 22.9 Å². The molecule has 1 rings (SSSR count). The molecule has 0 saturated heterocycles. The Labute approximate surface area is 99.1 Å². The fourth-order valence-corrected chi connectivity index (χ4v) is 1.49. The van der Waals surface area contributed by atoms with Crippen LogP contribution in [0.1, 0.15) is 21.6 Å². The molecule has 0 atom stereocenters. The summed E-state index contributed by atoms with van der Waals surface area (Å²) in [7, 11) is 1.51. The minimum Gasteiger partial charge on any atom is -0.478 e. The Morgan fingerprint density at radius 2 is 2.06 bits per heavy atom. The van der Waals surface area contributed by atoms with Gasteiger partial charge >= 0.3 is 5.97 Å². The normalized spacial score (nSPS) is 9.82. The van der Waals surface area contributed by atoms with E-state index in [0.29, 0.717) is 11.3 Å². The van der Waals surface area contributed by atoms with E-state index in [-0.39, 0.29) is 23.8 Å². The maximum Gasteiger partial charge on any atom is 0.339 e. The summed E-state index contributed by atoms with van der Waals surface area (Å²) < 4.78 is 0. The summed E-state index contributed by atoms with van der Waals surface area (Å²) in [5.41, 5.74) is 1.41. The lowest BCUT2D eigenvalue weighted by Crippen LogP contribution is -2.27. The topological polar surface area (TPSA) is 91.3 Å². The molecular weight excluding hydrogens is 222 g/mol. The summed E-state index contributed by atoms with van der Waals surface area (Å²) in [6.07, 6.45) is 0. The summed E-state index contributed by atoms with van der Waals surface area (Å²) in [6.45, 7) is 3.46. The number of carboxylic acid groups (broad SMARTS) is 1. The number of aromatic nitrogens is 1. The Bertz CT molecular complexity index is 458. The fraction of sp³-hybridized carbons (Fsp3) is 0.364. The Kier molecular flexibility index (Phi) is 4.03. The van der Waals surface area contributed by atoms with Gasteiger partial charge in [0.05, 0.1) is 6.54 Å². The molecule has 0 bridgehead atoms. The number of rotatable bonds is 4. The SMILES string of the molecule is CNC(=O)CNc1nc(C)cc(C)c1C(=O)O. The van der Waals surface area contributed by atoms with Gasteiger partial charge in [-0.25, -0.2) is 9.78 Å². The predicted octanol–water partition coefficient (Wildman–Crippen LogP) is 0.555. The Morgan fingerprint density at radius 1 is 1.41 bits per heavy atom. The number of likely N-dealkylation sites (N-methyl/N-ethyl adjacent to an activating group) is 1. The molecule has 0 unspecified atom stereocenters. The van der Waals surface area contributed by atoms with Crippen LogP contribution in [0.15, 0.2) is 6.07 Å². The van der Waals surface area contributed by atoms with Crippen LogP contribution in [0.4, 0.5) is 5.82 Å². The van der Waals surface area contributed by atoms with Crippen LogP contribution in [-0.2, 0) is 4.79 Å². The number of hydrogen-bond acceptors (Lipinski definition) is 4. The molecule has 0 aliphatic heterocycles. The predicted molar refractivity (Wildman–Crippen MR) is 63.2 cm³/mol. The van der Waals surface area contributed by atoms with E-state index in [2.05, 4.69) is 15.6 Å². The number of nitrogens with zero attached hydrogens (tertiary/aromatic N) is 1. The highest BCUT2D eigenvalue weighted by atomic mass is 16.4. The van der Waals surface area contributed by atoms with Crippen molar-refractivity contribution in [1.29, 1.82) is 0 Å². The number of aryl methyl sites for hydroxylation is 2. The highest BCUT2D eigenvalue weighted by Gasteiger charge is 2.15. The molecule has 0 radical (unpaired) electrons. The van der Waals surface area contributed by atoms with Crippen molar-refractivity contribution in [3.63, 3.8) is 0 Å². The van der Waals surface area contributed by atoms with Gasteiger partial charge in [0.2, 0.25) is 5.91 Å². The van der Waals surface area contributed by atoms with Crippen molar-refractivity contribution < 1.29 is 14.7 Å². The zero-order chi connectivity index (χ0) is 13.0. The molecule has 1 heterocycles. The molecule has 0 spiro atoms. The van der Waals surface area contributed by atoms with Crippen LogP contribution in [0, 0.1) is 13.8 Å². The second-order valence-corrected chi connectivity index (χ2v) is 3.64. The highest BCUT2D eigenvalue weighted by molar-refractivity contribution is 5.95. The van der Waals surface area contributed by atoms with Gasteiger partial charge in [0.25, 0.3) is 0 Å². The van der Waals surface area contributed by atoms with E-state index in [4.69, 9.17) is 5.11 Å². The molecular formula is C11H15N3O3. The second-order valence-electron chi connectivity index (χ2n) is 3.64. The Hall–Kier alpha value is -2.11. The molecule has 0 aromatic carbocycles. The lowest BCUT2D eigenvalue weighted by atomic mass is 10.1. The van der Waals surface area contributed by atoms with E-state index in [1.807, 2.05) is 0 Å². The van der Waals surface area contributed by atoms with Crippen molar-refractivity contribution in [3.8, 4) is 0 Å². The monoisotopic (exact) mass is 237 g/mol. The summed E-state index contributed by atoms with van der Waals surface area (Å²) in [6, 6.07) is 1.69. The minimum absolute atomic E-state index is 0.00727. The lowest BCUT2D eigenvalue weighted by Gasteiger charge is -2.11. The first-order valence-electron chi connectivity index (χ1n) is 5.11. The average Bonchev–Trinajstić information content (AvgIpc) is 2.24. The van der Waals surface area contributed by atoms with Gasteiger partial charge in [-0.1, -0.05) is 0 Å². The Morgan fingerprint density at radius 3 is 2.59 bits per heavy atom. The zero-order valence-corrected chi connectivity index (χ0v) is 10.00. The van der Waals surface area contributed by atoms with E-state index in [0.717, 1.165) is 0 Å². The maximum absolute atomic E-state index is 11.1.